The van der Waals surface area contributed by atoms with Gasteiger partial charge in [-0.1, -0.05) is 6.07 Å². The van der Waals surface area contributed by atoms with Crippen LogP contribution in [0.5, 0.6) is 0 Å². The minimum atomic E-state index is -4.50. The monoisotopic (exact) mass is 417 g/mol. The lowest BCUT2D eigenvalue weighted by Crippen LogP contribution is -2.16. The minimum Gasteiger partial charge on any atom is -0.455 e. The van der Waals surface area contributed by atoms with Gasteiger partial charge >= 0.3 is 6.18 Å². The molecular weight excluding hydrogens is 399 g/mol. The lowest BCUT2D eigenvalue weighted by atomic mass is 9.94. The lowest BCUT2D eigenvalue weighted by molar-refractivity contribution is -0.137. The van der Waals surface area contributed by atoms with Gasteiger partial charge < -0.3 is 9.73 Å². The van der Waals surface area contributed by atoms with Gasteiger partial charge in [0.1, 0.15) is 11.6 Å². The number of carbonyl (C=O) groups excluding carboxylic acids is 2. The van der Waals surface area contributed by atoms with E-state index in [-0.39, 0.29) is 23.0 Å². The number of carbonyl (C=O) groups is 2. The van der Waals surface area contributed by atoms with Crippen molar-refractivity contribution in [3.8, 4) is 5.69 Å². The van der Waals surface area contributed by atoms with Crippen molar-refractivity contribution in [2.24, 2.45) is 0 Å². The van der Waals surface area contributed by atoms with Crippen LogP contribution in [0.4, 0.5) is 19.0 Å². The average molecular weight is 417 g/mol. The van der Waals surface area contributed by atoms with Crippen LogP contribution >= 0.6 is 0 Å². The Kier molecular flexibility index (Phi) is 4.76. The highest BCUT2D eigenvalue weighted by atomic mass is 19.4. The van der Waals surface area contributed by atoms with Crippen LogP contribution in [0.3, 0.4) is 0 Å². The van der Waals surface area contributed by atoms with Gasteiger partial charge in [-0.05, 0) is 38.5 Å². The van der Waals surface area contributed by atoms with Gasteiger partial charge in [0.15, 0.2) is 11.5 Å². The summed E-state index contributed by atoms with van der Waals surface area (Å²) in [6, 6.07) is 6.20. The number of furan rings is 1. The van der Waals surface area contributed by atoms with E-state index in [1.54, 1.807) is 19.9 Å². The molecule has 0 radical (unpaired) electrons. The van der Waals surface area contributed by atoms with Gasteiger partial charge in [-0.2, -0.15) is 18.3 Å². The molecule has 30 heavy (non-hydrogen) atoms. The number of halogens is 3. The Morgan fingerprint density at radius 1 is 1.20 bits per heavy atom. The number of benzene rings is 1. The Hall–Kier alpha value is -3.36. The van der Waals surface area contributed by atoms with Crippen LogP contribution in [0.1, 0.15) is 56.3 Å². The number of anilines is 1. The van der Waals surface area contributed by atoms with Crippen molar-refractivity contribution in [2.75, 3.05) is 5.32 Å². The first-order chi connectivity index (χ1) is 14.1. The number of hydrogen-bond donors (Lipinski definition) is 1. The third-order valence-electron chi connectivity index (χ3n) is 5.00. The predicted octanol–water partition coefficient (Wildman–Crippen LogP) is 4.87. The maximum atomic E-state index is 13.1. The fourth-order valence-electron chi connectivity index (χ4n) is 3.64. The molecule has 1 amide bonds. The van der Waals surface area contributed by atoms with E-state index < -0.39 is 17.6 Å². The molecule has 2 aromatic heterocycles. The average Bonchev–Trinajstić information content (AvgIpc) is 3.22. The molecule has 0 saturated heterocycles. The second-order valence-corrected chi connectivity index (χ2v) is 7.22. The van der Waals surface area contributed by atoms with E-state index >= 15 is 0 Å². The van der Waals surface area contributed by atoms with Gasteiger partial charge in [-0.25, -0.2) is 4.68 Å². The third kappa shape index (κ3) is 3.51. The minimum absolute atomic E-state index is 0.0182. The number of rotatable bonds is 3. The third-order valence-corrected chi connectivity index (χ3v) is 5.00. The summed E-state index contributed by atoms with van der Waals surface area (Å²) in [5, 5.41) is 6.84. The zero-order chi connectivity index (χ0) is 21.6. The van der Waals surface area contributed by atoms with E-state index in [2.05, 4.69) is 10.4 Å². The molecule has 0 aliphatic heterocycles. The zero-order valence-corrected chi connectivity index (χ0v) is 16.3. The van der Waals surface area contributed by atoms with Crippen molar-refractivity contribution in [3.63, 3.8) is 0 Å². The van der Waals surface area contributed by atoms with Crippen LogP contribution in [-0.2, 0) is 12.6 Å². The van der Waals surface area contributed by atoms with Gasteiger partial charge in [0.2, 0.25) is 0 Å². The van der Waals surface area contributed by atoms with Crippen molar-refractivity contribution in [1.82, 2.24) is 9.78 Å². The summed E-state index contributed by atoms with van der Waals surface area (Å²) in [4.78, 5) is 25.0. The lowest BCUT2D eigenvalue weighted by Gasteiger charge is -2.11. The van der Waals surface area contributed by atoms with Crippen molar-refractivity contribution >= 4 is 17.5 Å². The molecule has 0 saturated carbocycles. The Bertz CT molecular complexity index is 1160. The summed E-state index contributed by atoms with van der Waals surface area (Å²) in [6.45, 7) is 3.31. The van der Waals surface area contributed by atoms with E-state index in [0.717, 1.165) is 12.1 Å². The Labute approximate surface area is 169 Å². The van der Waals surface area contributed by atoms with Crippen LogP contribution in [0, 0.1) is 13.8 Å². The molecule has 1 aliphatic carbocycles. The molecule has 156 valence electrons. The normalized spacial score (nSPS) is 14.0. The molecular formula is C21H18F3N3O3. The standard InChI is InChI=1S/C21H18F3N3O3/c1-11-9-17(27(26-11)14-6-3-5-13(10-14)21(22,23)24)25-20(29)19-12(2)18-15(28)7-4-8-16(18)30-19/h3,5-6,9-10H,4,7-8H2,1-2H3,(H,25,29). The van der Waals surface area contributed by atoms with Gasteiger partial charge in [0.25, 0.3) is 5.91 Å². The van der Waals surface area contributed by atoms with Crippen molar-refractivity contribution in [1.29, 1.82) is 0 Å². The van der Waals surface area contributed by atoms with Gasteiger partial charge in [-0.3, -0.25) is 9.59 Å². The largest absolute Gasteiger partial charge is 0.455 e. The molecule has 4 rings (SSSR count). The second kappa shape index (κ2) is 7.16. The SMILES string of the molecule is Cc1cc(NC(=O)c2oc3c(c2C)C(=O)CCC3)n(-c2cccc(C(F)(F)F)c2)n1. The quantitative estimate of drug-likeness (QED) is 0.660. The zero-order valence-electron chi connectivity index (χ0n) is 16.3. The first-order valence-electron chi connectivity index (χ1n) is 9.36. The van der Waals surface area contributed by atoms with Crippen LogP contribution < -0.4 is 5.32 Å². The van der Waals surface area contributed by atoms with Gasteiger partial charge in [0.05, 0.1) is 22.5 Å². The maximum absolute atomic E-state index is 13.1. The molecule has 9 heteroatoms. The van der Waals surface area contributed by atoms with Gasteiger partial charge in [-0.15, -0.1) is 0 Å². The Morgan fingerprint density at radius 3 is 2.67 bits per heavy atom. The van der Waals surface area contributed by atoms with Gasteiger partial charge in [0, 0.05) is 24.5 Å². The predicted molar refractivity (Wildman–Crippen MR) is 102 cm³/mol. The number of fused-ring (bicyclic) bond motifs is 1. The number of Topliss-reactive ketones (excluding diaryl/α,β-unsaturated/α-hetero) is 1. The molecule has 6 nitrogen and oxygen atoms in total. The molecule has 0 atom stereocenters. The summed E-state index contributed by atoms with van der Waals surface area (Å²) < 4.78 is 46.1. The highest BCUT2D eigenvalue weighted by Crippen LogP contribution is 2.32. The number of hydrogen-bond acceptors (Lipinski definition) is 4. The molecule has 1 aromatic carbocycles. The fourth-order valence-corrected chi connectivity index (χ4v) is 3.64. The van der Waals surface area contributed by atoms with Crippen LogP contribution in [0.15, 0.2) is 34.7 Å². The number of nitrogens with one attached hydrogen (secondary N) is 1. The summed E-state index contributed by atoms with van der Waals surface area (Å²) in [5.74, 6) is 0.0577. The van der Waals surface area contributed by atoms with E-state index in [1.807, 2.05) is 0 Å². The number of nitrogens with zero attached hydrogens (tertiary/aromatic N) is 2. The van der Waals surface area contributed by atoms with Crippen LogP contribution in [0.2, 0.25) is 0 Å². The molecule has 0 bridgehead atoms. The number of aryl methyl sites for hydroxylation is 2. The smallest absolute Gasteiger partial charge is 0.416 e. The van der Waals surface area contributed by atoms with Crippen molar-refractivity contribution in [2.45, 2.75) is 39.3 Å². The number of ketones is 1. The highest BCUT2D eigenvalue weighted by molar-refractivity contribution is 6.07. The van der Waals surface area contributed by atoms with E-state index in [1.165, 1.54) is 16.8 Å². The Morgan fingerprint density at radius 2 is 1.97 bits per heavy atom. The van der Waals surface area contributed by atoms with E-state index in [0.29, 0.717) is 41.8 Å². The first-order valence-corrected chi connectivity index (χ1v) is 9.36. The Balaban J connectivity index is 1.68. The molecule has 2 heterocycles. The molecule has 1 N–H and O–H groups in total. The number of aromatic nitrogens is 2. The van der Waals surface area contributed by atoms with Crippen LogP contribution in [-0.4, -0.2) is 21.5 Å². The highest BCUT2D eigenvalue weighted by Gasteiger charge is 2.31. The summed E-state index contributed by atoms with van der Waals surface area (Å²) >= 11 is 0. The molecule has 1 aliphatic rings. The van der Waals surface area contributed by atoms with Crippen LogP contribution in [0.25, 0.3) is 5.69 Å². The number of amides is 1. The molecule has 0 unspecified atom stereocenters. The summed E-state index contributed by atoms with van der Waals surface area (Å²) in [6.07, 6.45) is -2.84. The summed E-state index contributed by atoms with van der Waals surface area (Å²) in [5.41, 5.74) is 0.758. The maximum Gasteiger partial charge on any atom is 0.416 e. The van der Waals surface area contributed by atoms with E-state index in [4.69, 9.17) is 4.42 Å². The molecule has 3 aromatic rings. The first kappa shape index (κ1) is 19.9. The molecule has 0 fully saturated rings. The van der Waals surface area contributed by atoms with Crippen molar-refractivity contribution in [3.05, 3.63) is 64.2 Å². The second-order valence-electron chi connectivity index (χ2n) is 7.22. The topological polar surface area (TPSA) is 77.1 Å². The van der Waals surface area contributed by atoms with Crippen molar-refractivity contribution < 1.29 is 27.2 Å². The number of alkyl halides is 3. The fraction of sp³-hybridized carbons (Fsp3) is 0.286. The molecule has 0 spiro atoms. The summed E-state index contributed by atoms with van der Waals surface area (Å²) in [7, 11) is 0. The van der Waals surface area contributed by atoms with E-state index in [9.17, 15) is 22.8 Å².